The predicted molar refractivity (Wildman–Crippen MR) is 104 cm³/mol. The van der Waals surface area contributed by atoms with Crippen molar-refractivity contribution in [3.63, 3.8) is 0 Å². The molecule has 0 bridgehead atoms. The van der Waals surface area contributed by atoms with Crippen LogP contribution >= 0.6 is 0 Å². The zero-order chi connectivity index (χ0) is 19.3. The van der Waals surface area contributed by atoms with E-state index < -0.39 is 0 Å². The van der Waals surface area contributed by atoms with Gasteiger partial charge in [0.2, 0.25) is 11.8 Å². The lowest BCUT2D eigenvalue weighted by atomic mass is 10.3. The molecular weight excluding hydrogens is 356 g/mol. The standard InChI is InChI=1S/C22H24N2O4/c25-21-7-4-13-24(21)22(26)16-23-14-12-20(15-23)28-19-10-8-18(9-11-19)27-17-5-2-1-3-6-17/h1-3,5-6,8-11,20H,4,7,12-16H2. The molecule has 0 aliphatic carbocycles. The van der Waals surface area contributed by atoms with Gasteiger partial charge in [0, 0.05) is 26.1 Å². The van der Waals surface area contributed by atoms with Gasteiger partial charge < -0.3 is 9.47 Å². The fourth-order valence-electron chi connectivity index (χ4n) is 3.63. The molecule has 0 radical (unpaired) electrons. The lowest BCUT2D eigenvalue weighted by Gasteiger charge is -2.20. The number of carbonyl (C=O) groups is 2. The van der Waals surface area contributed by atoms with Crippen molar-refractivity contribution in [3.8, 4) is 17.2 Å². The van der Waals surface area contributed by atoms with E-state index in [0.717, 1.165) is 36.6 Å². The second-order valence-corrected chi connectivity index (χ2v) is 7.19. The van der Waals surface area contributed by atoms with Crippen LogP contribution in [-0.4, -0.2) is 53.9 Å². The molecule has 1 atom stereocenters. The van der Waals surface area contributed by atoms with Crippen LogP contribution in [0.3, 0.4) is 0 Å². The molecule has 2 heterocycles. The molecule has 146 valence electrons. The minimum atomic E-state index is -0.0921. The van der Waals surface area contributed by atoms with Gasteiger partial charge in [-0.15, -0.1) is 0 Å². The largest absolute Gasteiger partial charge is 0.489 e. The van der Waals surface area contributed by atoms with E-state index in [-0.39, 0.29) is 24.5 Å². The minimum absolute atomic E-state index is 0.0444. The van der Waals surface area contributed by atoms with Gasteiger partial charge in [-0.05, 0) is 49.2 Å². The SMILES string of the molecule is O=C1CCCN1C(=O)CN1CCC(Oc2ccc(Oc3ccccc3)cc2)C1. The lowest BCUT2D eigenvalue weighted by Crippen LogP contribution is -2.40. The molecule has 28 heavy (non-hydrogen) atoms. The van der Waals surface area contributed by atoms with Crippen molar-refractivity contribution < 1.29 is 19.1 Å². The van der Waals surface area contributed by atoms with Gasteiger partial charge in [0.25, 0.3) is 0 Å². The number of imide groups is 1. The Morgan fingerprint density at radius 1 is 0.964 bits per heavy atom. The number of nitrogens with zero attached hydrogens (tertiary/aromatic N) is 2. The highest BCUT2D eigenvalue weighted by atomic mass is 16.5. The number of hydrogen-bond acceptors (Lipinski definition) is 5. The van der Waals surface area contributed by atoms with Gasteiger partial charge in [0.1, 0.15) is 23.4 Å². The molecule has 2 amide bonds. The maximum Gasteiger partial charge on any atom is 0.243 e. The summed E-state index contributed by atoms with van der Waals surface area (Å²) in [5.74, 6) is 2.20. The van der Waals surface area contributed by atoms with Crippen molar-refractivity contribution in [2.45, 2.75) is 25.4 Å². The highest BCUT2D eigenvalue weighted by molar-refractivity contribution is 5.97. The molecule has 2 aliphatic heterocycles. The molecule has 2 fully saturated rings. The molecule has 4 rings (SSSR count). The second kappa shape index (κ2) is 8.44. The number of ether oxygens (including phenoxy) is 2. The first-order valence-electron chi connectivity index (χ1n) is 9.72. The van der Waals surface area contributed by atoms with E-state index in [0.29, 0.717) is 19.5 Å². The van der Waals surface area contributed by atoms with Crippen molar-refractivity contribution in [1.29, 1.82) is 0 Å². The van der Waals surface area contributed by atoms with Gasteiger partial charge >= 0.3 is 0 Å². The topological polar surface area (TPSA) is 59.1 Å². The number of likely N-dealkylation sites (tertiary alicyclic amines) is 2. The molecule has 2 aliphatic rings. The molecule has 0 aromatic heterocycles. The Balaban J connectivity index is 1.26. The van der Waals surface area contributed by atoms with Crippen LogP contribution in [-0.2, 0) is 9.59 Å². The number of benzene rings is 2. The number of rotatable bonds is 6. The van der Waals surface area contributed by atoms with Crippen LogP contribution < -0.4 is 9.47 Å². The third-order valence-corrected chi connectivity index (χ3v) is 5.07. The van der Waals surface area contributed by atoms with E-state index in [1.807, 2.05) is 54.6 Å². The first-order chi connectivity index (χ1) is 13.7. The molecule has 0 saturated carbocycles. The van der Waals surface area contributed by atoms with Crippen LogP contribution in [0.2, 0.25) is 0 Å². The summed E-state index contributed by atoms with van der Waals surface area (Å²) in [4.78, 5) is 27.4. The van der Waals surface area contributed by atoms with Crippen LogP contribution in [0.25, 0.3) is 0 Å². The Labute approximate surface area is 164 Å². The Kier molecular flexibility index (Phi) is 5.58. The predicted octanol–water partition coefficient (Wildman–Crippen LogP) is 3.08. The summed E-state index contributed by atoms with van der Waals surface area (Å²) >= 11 is 0. The summed E-state index contributed by atoms with van der Waals surface area (Å²) in [5, 5.41) is 0. The summed E-state index contributed by atoms with van der Waals surface area (Å²) in [7, 11) is 0. The van der Waals surface area contributed by atoms with Gasteiger partial charge in [-0.3, -0.25) is 19.4 Å². The van der Waals surface area contributed by atoms with Gasteiger partial charge in [-0.25, -0.2) is 0 Å². The molecule has 2 saturated heterocycles. The van der Waals surface area contributed by atoms with Crippen LogP contribution in [0, 0.1) is 0 Å². The average molecular weight is 380 g/mol. The Bertz CT molecular complexity index is 822. The number of amides is 2. The fourth-order valence-corrected chi connectivity index (χ4v) is 3.63. The molecule has 2 aromatic carbocycles. The smallest absolute Gasteiger partial charge is 0.243 e. The summed E-state index contributed by atoms with van der Waals surface area (Å²) in [6, 6.07) is 17.2. The van der Waals surface area contributed by atoms with E-state index in [4.69, 9.17) is 9.47 Å². The van der Waals surface area contributed by atoms with Gasteiger partial charge in [-0.1, -0.05) is 18.2 Å². The maximum absolute atomic E-state index is 12.3. The Hall–Kier alpha value is -2.86. The molecule has 1 unspecified atom stereocenters. The van der Waals surface area contributed by atoms with Gasteiger partial charge in [0.15, 0.2) is 0 Å². The van der Waals surface area contributed by atoms with E-state index in [1.54, 1.807) is 0 Å². The quantitative estimate of drug-likeness (QED) is 0.771. The van der Waals surface area contributed by atoms with Crippen molar-refractivity contribution >= 4 is 11.8 Å². The first kappa shape index (κ1) is 18.5. The normalized spacial score (nSPS) is 19.8. The zero-order valence-electron chi connectivity index (χ0n) is 15.8. The monoisotopic (exact) mass is 380 g/mol. The van der Waals surface area contributed by atoms with Crippen LogP contribution in [0.5, 0.6) is 17.2 Å². The van der Waals surface area contributed by atoms with Gasteiger partial charge in [0.05, 0.1) is 6.54 Å². The molecule has 2 aromatic rings. The highest BCUT2D eigenvalue weighted by Crippen LogP contribution is 2.25. The Morgan fingerprint density at radius 3 is 2.39 bits per heavy atom. The third kappa shape index (κ3) is 4.51. The van der Waals surface area contributed by atoms with Crippen LogP contribution in [0.15, 0.2) is 54.6 Å². The number of hydrogen-bond donors (Lipinski definition) is 0. The van der Waals surface area contributed by atoms with Crippen molar-refractivity contribution in [1.82, 2.24) is 9.80 Å². The maximum atomic E-state index is 12.3. The number of para-hydroxylation sites is 1. The zero-order valence-corrected chi connectivity index (χ0v) is 15.8. The van der Waals surface area contributed by atoms with E-state index in [9.17, 15) is 9.59 Å². The third-order valence-electron chi connectivity index (χ3n) is 5.07. The van der Waals surface area contributed by atoms with Crippen molar-refractivity contribution in [2.75, 3.05) is 26.2 Å². The van der Waals surface area contributed by atoms with Crippen LogP contribution in [0.4, 0.5) is 0 Å². The lowest BCUT2D eigenvalue weighted by molar-refractivity contribution is -0.142. The van der Waals surface area contributed by atoms with E-state index in [2.05, 4.69) is 4.90 Å². The first-order valence-corrected chi connectivity index (χ1v) is 9.72. The van der Waals surface area contributed by atoms with E-state index >= 15 is 0 Å². The fraction of sp³-hybridized carbons (Fsp3) is 0.364. The van der Waals surface area contributed by atoms with E-state index in [1.165, 1.54) is 4.90 Å². The molecule has 0 spiro atoms. The molecule has 6 nitrogen and oxygen atoms in total. The summed E-state index contributed by atoms with van der Waals surface area (Å²) in [5.41, 5.74) is 0. The highest BCUT2D eigenvalue weighted by Gasteiger charge is 2.30. The summed E-state index contributed by atoms with van der Waals surface area (Å²) < 4.78 is 11.8. The molecular formula is C22H24N2O4. The molecule has 0 N–H and O–H groups in total. The van der Waals surface area contributed by atoms with Crippen molar-refractivity contribution in [2.24, 2.45) is 0 Å². The molecule has 6 heteroatoms. The Morgan fingerprint density at radius 2 is 1.68 bits per heavy atom. The summed E-state index contributed by atoms with van der Waals surface area (Å²) in [6.07, 6.45) is 2.17. The average Bonchev–Trinajstić information content (AvgIpc) is 3.33. The van der Waals surface area contributed by atoms with Crippen molar-refractivity contribution in [3.05, 3.63) is 54.6 Å². The minimum Gasteiger partial charge on any atom is -0.489 e. The van der Waals surface area contributed by atoms with Crippen LogP contribution in [0.1, 0.15) is 19.3 Å². The van der Waals surface area contributed by atoms with Gasteiger partial charge in [-0.2, -0.15) is 0 Å². The summed E-state index contributed by atoms with van der Waals surface area (Å²) in [6.45, 7) is 2.34. The number of carbonyl (C=O) groups excluding carboxylic acids is 2. The second-order valence-electron chi connectivity index (χ2n) is 7.19.